The molecule has 0 aromatic heterocycles. The Bertz CT molecular complexity index is 404. The van der Waals surface area contributed by atoms with Gasteiger partial charge in [0.15, 0.2) is 0 Å². The molecule has 2 aliphatic rings. The molecule has 0 spiro atoms. The average Bonchev–Trinajstić information content (AvgIpc) is 2.96. The molecule has 0 unspecified atom stereocenters. The van der Waals surface area contributed by atoms with E-state index in [1.165, 1.54) is 7.11 Å². The summed E-state index contributed by atoms with van der Waals surface area (Å²) >= 11 is 0. The normalized spacial score (nSPS) is 26.4. The lowest BCUT2D eigenvalue weighted by Crippen LogP contribution is -2.51. The van der Waals surface area contributed by atoms with Crippen LogP contribution in [0.25, 0.3) is 0 Å². The van der Waals surface area contributed by atoms with Gasteiger partial charge in [0.1, 0.15) is 0 Å². The van der Waals surface area contributed by atoms with Crippen LogP contribution in [0.4, 0.5) is 4.79 Å². The molecule has 7 heteroatoms. The molecular weight excluding hydrogens is 264 g/mol. The first-order chi connectivity index (χ1) is 9.52. The summed E-state index contributed by atoms with van der Waals surface area (Å²) < 4.78 is 4.64. The summed E-state index contributed by atoms with van der Waals surface area (Å²) in [6.07, 6.45) is 1.29. The maximum Gasteiger partial charge on any atom is 0.409 e. The fourth-order valence-electron chi connectivity index (χ4n) is 2.93. The van der Waals surface area contributed by atoms with Crippen molar-refractivity contribution in [2.75, 3.05) is 33.3 Å². The lowest BCUT2D eigenvalue weighted by Gasteiger charge is -2.35. The highest BCUT2D eigenvalue weighted by atomic mass is 16.5. The zero-order valence-corrected chi connectivity index (χ0v) is 11.6. The summed E-state index contributed by atoms with van der Waals surface area (Å²) in [5.74, 6) is -1.35. The number of ether oxygens (including phenoxy) is 1. The van der Waals surface area contributed by atoms with Crippen LogP contribution < -0.4 is 0 Å². The van der Waals surface area contributed by atoms with Crippen LogP contribution in [0.15, 0.2) is 0 Å². The van der Waals surface area contributed by atoms with Crippen LogP contribution in [0.2, 0.25) is 0 Å². The number of aliphatic carboxylic acids is 1. The molecule has 1 saturated carbocycles. The molecule has 1 N–H and O–H groups in total. The van der Waals surface area contributed by atoms with Crippen molar-refractivity contribution in [1.82, 2.24) is 9.80 Å². The first-order valence-electron chi connectivity index (χ1n) is 6.87. The molecule has 1 saturated heterocycles. The Morgan fingerprint density at radius 3 is 2.05 bits per heavy atom. The summed E-state index contributed by atoms with van der Waals surface area (Å²) in [4.78, 5) is 37.9. The van der Waals surface area contributed by atoms with Crippen LogP contribution in [0, 0.1) is 11.8 Å². The molecule has 20 heavy (non-hydrogen) atoms. The van der Waals surface area contributed by atoms with Crippen molar-refractivity contribution in [2.24, 2.45) is 11.8 Å². The van der Waals surface area contributed by atoms with Crippen molar-refractivity contribution in [3.05, 3.63) is 0 Å². The topological polar surface area (TPSA) is 87.2 Å². The standard InChI is InChI=1S/C13H20N2O5/c1-20-13(19)15-6-4-14(5-7-15)11(16)9-2-3-10(8-9)12(17)18/h9-10H,2-8H2,1H3,(H,17,18)/t9-,10+/m1/s1. The minimum absolute atomic E-state index is 0.0262. The zero-order chi connectivity index (χ0) is 14.7. The average molecular weight is 284 g/mol. The lowest BCUT2D eigenvalue weighted by molar-refractivity contribution is -0.142. The summed E-state index contributed by atoms with van der Waals surface area (Å²) in [5.41, 5.74) is 0. The van der Waals surface area contributed by atoms with E-state index in [2.05, 4.69) is 4.74 Å². The Hall–Kier alpha value is -1.79. The summed E-state index contributed by atoms with van der Waals surface area (Å²) in [7, 11) is 1.34. The number of nitrogens with zero attached hydrogens (tertiary/aromatic N) is 2. The third kappa shape index (κ3) is 3.02. The predicted molar refractivity (Wildman–Crippen MR) is 69.0 cm³/mol. The third-order valence-electron chi connectivity index (χ3n) is 4.16. The zero-order valence-electron chi connectivity index (χ0n) is 11.6. The van der Waals surface area contributed by atoms with Gasteiger partial charge < -0.3 is 19.6 Å². The summed E-state index contributed by atoms with van der Waals surface area (Å²) in [5, 5.41) is 8.96. The minimum atomic E-state index is -0.809. The van der Waals surface area contributed by atoms with E-state index in [9.17, 15) is 14.4 Å². The van der Waals surface area contributed by atoms with Gasteiger partial charge in [-0.3, -0.25) is 9.59 Å². The number of carbonyl (C=O) groups is 3. The summed E-state index contributed by atoms with van der Waals surface area (Å²) in [6, 6.07) is 0. The van der Waals surface area contributed by atoms with Crippen LogP contribution >= 0.6 is 0 Å². The highest BCUT2D eigenvalue weighted by Gasteiger charge is 2.36. The van der Waals surface area contributed by atoms with Crippen molar-refractivity contribution in [2.45, 2.75) is 19.3 Å². The quantitative estimate of drug-likeness (QED) is 0.793. The molecule has 0 radical (unpaired) electrons. The number of hydrogen-bond acceptors (Lipinski definition) is 4. The summed E-state index contributed by atoms with van der Waals surface area (Å²) in [6.45, 7) is 1.91. The fourth-order valence-corrected chi connectivity index (χ4v) is 2.93. The number of piperazine rings is 1. The van der Waals surface area contributed by atoms with Gasteiger partial charge in [-0.05, 0) is 19.3 Å². The number of rotatable bonds is 2. The molecular formula is C13H20N2O5. The Balaban J connectivity index is 1.83. The second-order valence-corrected chi connectivity index (χ2v) is 5.33. The predicted octanol–water partition coefficient (Wildman–Crippen LogP) is 0.398. The van der Waals surface area contributed by atoms with Gasteiger partial charge in [-0.25, -0.2) is 4.79 Å². The second-order valence-electron chi connectivity index (χ2n) is 5.33. The number of carboxylic acid groups (broad SMARTS) is 1. The number of amides is 2. The van der Waals surface area contributed by atoms with Gasteiger partial charge in [0.25, 0.3) is 0 Å². The van der Waals surface area contributed by atoms with Crippen molar-refractivity contribution >= 4 is 18.0 Å². The van der Waals surface area contributed by atoms with E-state index < -0.39 is 5.97 Å². The molecule has 1 heterocycles. The molecule has 2 fully saturated rings. The molecule has 2 amide bonds. The number of methoxy groups -OCH3 is 1. The van der Waals surface area contributed by atoms with Crippen molar-refractivity contribution in [1.29, 1.82) is 0 Å². The maximum atomic E-state index is 12.3. The van der Waals surface area contributed by atoms with Gasteiger partial charge in [0, 0.05) is 32.1 Å². The number of hydrogen-bond donors (Lipinski definition) is 1. The van der Waals surface area contributed by atoms with Gasteiger partial charge in [0.2, 0.25) is 5.91 Å². The SMILES string of the molecule is COC(=O)N1CCN(C(=O)[C@@H]2CC[C@H](C(=O)O)C2)CC1. The van der Waals surface area contributed by atoms with Gasteiger partial charge in [-0.1, -0.05) is 0 Å². The fraction of sp³-hybridized carbons (Fsp3) is 0.769. The van der Waals surface area contributed by atoms with E-state index >= 15 is 0 Å². The molecule has 0 bridgehead atoms. The number of carbonyl (C=O) groups excluding carboxylic acids is 2. The maximum absolute atomic E-state index is 12.3. The molecule has 112 valence electrons. The van der Waals surface area contributed by atoms with E-state index in [-0.39, 0.29) is 23.8 Å². The van der Waals surface area contributed by atoms with Crippen molar-refractivity contribution < 1.29 is 24.2 Å². The van der Waals surface area contributed by atoms with E-state index in [4.69, 9.17) is 5.11 Å². The highest BCUT2D eigenvalue weighted by Crippen LogP contribution is 2.32. The van der Waals surface area contributed by atoms with Crippen LogP contribution in [0.5, 0.6) is 0 Å². The Kier molecular flexibility index (Phi) is 4.46. The molecule has 2 rings (SSSR count). The van der Waals surface area contributed by atoms with Gasteiger partial charge in [0.05, 0.1) is 13.0 Å². The van der Waals surface area contributed by atoms with E-state index in [0.29, 0.717) is 45.4 Å². The Morgan fingerprint density at radius 2 is 1.55 bits per heavy atom. The molecule has 2 atom stereocenters. The molecule has 0 aromatic carbocycles. The van der Waals surface area contributed by atoms with Crippen molar-refractivity contribution in [3.8, 4) is 0 Å². The number of carboxylic acids is 1. The third-order valence-corrected chi connectivity index (χ3v) is 4.16. The largest absolute Gasteiger partial charge is 0.481 e. The Labute approximate surface area is 117 Å². The first kappa shape index (κ1) is 14.6. The smallest absolute Gasteiger partial charge is 0.409 e. The molecule has 1 aliphatic heterocycles. The van der Waals surface area contributed by atoms with Crippen LogP contribution in [0.1, 0.15) is 19.3 Å². The highest BCUT2D eigenvalue weighted by molar-refractivity contribution is 5.81. The minimum Gasteiger partial charge on any atom is -0.481 e. The van der Waals surface area contributed by atoms with Gasteiger partial charge in [-0.2, -0.15) is 0 Å². The lowest BCUT2D eigenvalue weighted by atomic mass is 10.0. The Morgan fingerprint density at radius 1 is 1.00 bits per heavy atom. The van der Waals surface area contributed by atoms with E-state index in [1.54, 1.807) is 9.80 Å². The molecule has 0 aromatic rings. The van der Waals surface area contributed by atoms with Crippen molar-refractivity contribution in [3.63, 3.8) is 0 Å². The van der Waals surface area contributed by atoms with Crippen LogP contribution in [0.3, 0.4) is 0 Å². The van der Waals surface area contributed by atoms with Gasteiger partial charge >= 0.3 is 12.1 Å². The van der Waals surface area contributed by atoms with Crippen LogP contribution in [-0.2, 0) is 14.3 Å². The van der Waals surface area contributed by atoms with E-state index in [0.717, 1.165) is 0 Å². The van der Waals surface area contributed by atoms with Crippen LogP contribution in [-0.4, -0.2) is 66.2 Å². The van der Waals surface area contributed by atoms with Gasteiger partial charge in [-0.15, -0.1) is 0 Å². The second kappa shape index (κ2) is 6.11. The molecule has 1 aliphatic carbocycles. The molecule has 7 nitrogen and oxygen atoms in total. The first-order valence-corrected chi connectivity index (χ1v) is 6.87. The van der Waals surface area contributed by atoms with E-state index in [1.807, 2.05) is 0 Å². The monoisotopic (exact) mass is 284 g/mol.